The molecule has 25 heavy (non-hydrogen) atoms. The van der Waals surface area contributed by atoms with Crippen molar-refractivity contribution in [2.24, 2.45) is 0 Å². The molecule has 0 saturated carbocycles. The molecule has 0 aromatic heterocycles. The van der Waals surface area contributed by atoms with E-state index >= 15 is 0 Å². The van der Waals surface area contributed by atoms with Gasteiger partial charge >= 0.3 is 13.3 Å². The van der Waals surface area contributed by atoms with Gasteiger partial charge in [-0.3, -0.25) is 0 Å². The van der Waals surface area contributed by atoms with E-state index < -0.39 is 30.1 Å². The van der Waals surface area contributed by atoms with Gasteiger partial charge in [0.15, 0.2) is 0 Å². The SMILES string of the molecule is CNCC(=Cc1cc(Cl)ccc1C(F)(F)F)B1OC(C)(C)C(C)(C)O1. The van der Waals surface area contributed by atoms with Gasteiger partial charge in [0, 0.05) is 11.6 Å². The second-order valence-corrected chi connectivity index (χ2v) is 7.50. The van der Waals surface area contributed by atoms with E-state index in [0.717, 1.165) is 6.07 Å². The summed E-state index contributed by atoms with van der Waals surface area (Å²) in [5.41, 5.74) is -1.35. The van der Waals surface area contributed by atoms with Crippen molar-refractivity contribution in [2.75, 3.05) is 13.6 Å². The molecule has 2 rings (SSSR count). The zero-order valence-corrected chi connectivity index (χ0v) is 15.7. The van der Waals surface area contributed by atoms with Gasteiger partial charge in [0.2, 0.25) is 0 Å². The standard InChI is InChI=1S/C17H22BClF3NO2/c1-15(2)16(3,4)25-18(24-15)12(10-23-5)8-11-9-13(19)6-7-14(11)17(20,21)22/h6-9,23H,10H2,1-5H3. The van der Waals surface area contributed by atoms with E-state index in [2.05, 4.69) is 5.32 Å². The number of halogens is 4. The van der Waals surface area contributed by atoms with Crippen LogP contribution < -0.4 is 5.32 Å². The lowest BCUT2D eigenvalue weighted by molar-refractivity contribution is -0.137. The molecule has 1 saturated heterocycles. The summed E-state index contributed by atoms with van der Waals surface area (Å²) in [5.74, 6) is 0. The molecule has 8 heteroatoms. The van der Waals surface area contributed by atoms with Crippen LogP contribution in [0.15, 0.2) is 23.7 Å². The van der Waals surface area contributed by atoms with E-state index in [1.807, 2.05) is 27.7 Å². The minimum Gasteiger partial charge on any atom is -0.400 e. The highest BCUT2D eigenvalue weighted by molar-refractivity contribution is 6.56. The molecule has 1 heterocycles. The lowest BCUT2D eigenvalue weighted by Crippen LogP contribution is -2.41. The third kappa shape index (κ3) is 4.40. The first-order chi connectivity index (χ1) is 11.4. The average Bonchev–Trinajstić information content (AvgIpc) is 2.65. The number of hydrogen-bond donors (Lipinski definition) is 1. The highest BCUT2D eigenvalue weighted by atomic mass is 35.5. The topological polar surface area (TPSA) is 30.5 Å². The third-order valence-corrected chi connectivity index (χ3v) is 4.83. The predicted molar refractivity (Wildman–Crippen MR) is 94.4 cm³/mol. The summed E-state index contributed by atoms with van der Waals surface area (Å²) < 4.78 is 51.8. The Balaban J connectivity index is 2.47. The van der Waals surface area contributed by atoms with E-state index in [1.54, 1.807) is 7.05 Å². The van der Waals surface area contributed by atoms with Crippen LogP contribution >= 0.6 is 11.6 Å². The van der Waals surface area contributed by atoms with Crippen molar-refractivity contribution in [2.45, 2.75) is 45.1 Å². The number of hydrogen-bond acceptors (Lipinski definition) is 3. The van der Waals surface area contributed by atoms with Crippen molar-refractivity contribution < 1.29 is 22.5 Å². The van der Waals surface area contributed by atoms with Crippen molar-refractivity contribution in [3.63, 3.8) is 0 Å². The Morgan fingerprint density at radius 3 is 2.24 bits per heavy atom. The maximum absolute atomic E-state index is 13.3. The molecule has 1 aliphatic heterocycles. The Kier molecular flexibility index (Phi) is 5.64. The zero-order chi connectivity index (χ0) is 19.0. The molecule has 1 N–H and O–H groups in total. The van der Waals surface area contributed by atoms with Gasteiger partial charge in [-0.25, -0.2) is 0 Å². The number of benzene rings is 1. The van der Waals surface area contributed by atoms with Crippen LogP contribution in [-0.4, -0.2) is 31.9 Å². The van der Waals surface area contributed by atoms with Crippen molar-refractivity contribution >= 4 is 24.8 Å². The fourth-order valence-electron chi connectivity index (χ4n) is 2.51. The van der Waals surface area contributed by atoms with Gasteiger partial charge in [-0.05, 0) is 64.0 Å². The van der Waals surface area contributed by atoms with E-state index in [1.165, 1.54) is 18.2 Å². The highest BCUT2D eigenvalue weighted by Crippen LogP contribution is 2.40. The molecule has 0 unspecified atom stereocenters. The summed E-state index contributed by atoms with van der Waals surface area (Å²) in [6, 6.07) is 3.51. The summed E-state index contributed by atoms with van der Waals surface area (Å²) >= 11 is 5.90. The molecular formula is C17H22BClF3NO2. The monoisotopic (exact) mass is 375 g/mol. The molecule has 1 aliphatic rings. The third-order valence-electron chi connectivity index (χ3n) is 4.60. The smallest absolute Gasteiger partial charge is 0.400 e. The summed E-state index contributed by atoms with van der Waals surface area (Å²) in [4.78, 5) is 0. The van der Waals surface area contributed by atoms with E-state index in [0.29, 0.717) is 12.0 Å². The lowest BCUT2D eigenvalue weighted by Gasteiger charge is -2.32. The number of alkyl halides is 3. The molecule has 0 radical (unpaired) electrons. The lowest BCUT2D eigenvalue weighted by atomic mass is 9.76. The molecule has 3 nitrogen and oxygen atoms in total. The van der Waals surface area contributed by atoms with Gasteiger partial charge in [0.05, 0.1) is 16.8 Å². The van der Waals surface area contributed by atoms with Crippen molar-refractivity contribution in [1.29, 1.82) is 0 Å². The first-order valence-electron chi connectivity index (χ1n) is 7.95. The molecule has 1 fully saturated rings. The molecule has 0 bridgehead atoms. The Labute approximate surface area is 151 Å². The quantitative estimate of drug-likeness (QED) is 0.781. The van der Waals surface area contributed by atoms with Crippen LogP contribution in [0.2, 0.25) is 5.02 Å². The fraction of sp³-hybridized carbons (Fsp3) is 0.529. The van der Waals surface area contributed by atoms with Crippen LogP contribution in [0.25, 0.3) is 6.08 Å². The molecular weight excluding hydrogens is 353 g/mol. The molecule has 1 aromatic carbocycles. The molecule has 0 aliphatic carbocycles. The molecule has 138 valence electrons. The maximum Gasteiger partial charge on any atom is 0.491 e. The normalized spacial score (nSPS) is 20.2. The number of rotatable bonds is 4. The Morgan fingerprint density at radius 2 is 1.76 bits per heavy atom. The van der Waals surface area contributed by atoms with Crippen molar-refractivity contribution in [3.05, 3.63) is 39.8 Å². The van der Waals surface area contributed by atoms with Crippen LogP contribution in [0.5, 0.6) is 0 Å². The maximum atomic E-state index is 13.3. The van der Waals surface area contributed by atoms with Crippen LogP contribution in [0.3, 0.4) is 0 Å². The summed E-state index contributed by atoms with van der Waals surface area (Å²) in [6.45, 7) is 7.89. The first-order valence-corrected chi connectivity index (χ1v) is 8.32. The van der Waals surface area contributed by atoms with Crippen molar-refractivity contribution in [3.8, 4) is 0 Å². The van der Waals surface area contributed by atoms with Crippen LogP contribution in [0, 0.1) is 0 Å². The highest BCUT2D eigenvalue weighted by Gasteiger charge is 2.52. The molecule has 1 aromatic rings. The average molecular weight is 376 g/mol. The van der Waals surface area contributed by atoms with Gasteiger partial charge in [-0.2, -0.15) is 13.2 Å². The number of likely N-dealkylation sites (N-methyl/N-ethyl adjacent to an activating group) is 1. The van der Waals surface area contributed by atoms with E-state index in [-0.39, 0.29) is 10.6 Å². The van der Waals surface area contributed by atoms with Crippen LogP contribution in [0.4, 0.5) is 13.2 Å². The summed E-state index contributed by atoms with van der Waals surface area (Å²) in [5, 5.41) is 3.18. The van der Waals surface area contributed by atoms with E-state index in [9.17, 15) is 13.2 Å². The predicted octanol–water partition coefficient (Wildman–Crippen LogP) is 4.59. The second-order valence-electron chi connectivity index (χ2n) is 7.07. The minimum atomic E-state index is -4.48. The summed E-state index contributed by atoms with van der Waals surface area (Å²) in [7, 11) is 0.972. The Hall–Kier alpha value is -1.02. The van der Waals surface area contributed by atoms with E-state index in [4.69, 9.17) is 20.9 Å². The van der Waals surface area contributed by atoms with Crippen molar-refractivity contribution in [1.82, 2.24) is 5.32 Å². The molecule has 0 spiro atoms. The Morgan fingerprint density at radius 1 is 1.20 bits per heavy atom. The van der Waals surface area contributed by atoms with Gasteiger partial charge in [-0.15, -0.1) is 0 Å². The summed E-state index contributed by atoms with van der Waals surface area (Å²) in [6.07, 6.45) is -3.04. The first kappa shape index (κ1) is 20.3. The zero-order valence-electron chi connectivity index (χ0n) is 14.9. The van der Waals surface area contributed by atoms with Crippen LogP contribution in [-0.2, 0) is 15.5 Å². The fourth-order valence-corrected chi connectivity index (χ4v) is 2.69. The van der Waals surface area contributed by atoms with Gasteiger partial charge < -0.3 is 14.6 Å². The largest absolute Gasteiger partial charge is 0.491 e. The second kappa shape index (κ2) is 6.95. The molecule has 0 atom stereocenters. The van der Waals surface area contributed by atoms with Gasteiger partial charge in [0.1, 0.15) is 0 Å². The van der Waals surface area contributed by atoms with Gasteiger partial charge in [-0.1, -0.05) is 17.7 Å². The Bertz CT molecular complexity index is 658. The minimum absolute atomic E-state index is 0.0139. The van der Waals surface area contributed by atoms with Crippen LogP contribution in [0.1, 0.15) is 38.8 Å². The molecule has 0 amide bonds. The number of nitrogens with one attached hydrogen (secondary N) is 1. The van der Waals surface area contributed by atoms with Gasteiger partial charge in [0.25, 0.3) is 0 Å².